The van der Waals surface area contributed by atoms with Crippen molar-refractivity contribution in [3.8, 4) is 5.88 Å². The number of fused-ring (bicyclic) bond motifs is 3. The summed E-state index contributed by atoms with van der Waals surface area (Å²) in [6.07, 6.45) is 4.69. The van der Waals surface area contributed by atoms with Gasteiger partial charge in [-0.2, -0.15) is 5.10 Å². The third-order valence-electron chi connectivity index (χ3n) is 5.39. The minimum Gasteiger partial charge on any atom is -0.477 e. The van der Waals surface area contributed by atoms with Crippen LogP contribution in [0.4, 0.5) is 5.69 Å². The monoisotopic (exact) mass is 373 g/mol. The van der Waals surface area contributed by atoms with Crippen LogP contribution in [0.5, 0.6) is 5.88 Å². The molecule has 2 heterocycles. The van der Waals surface area contributed by atoms with Crippen molar-refractivity contribution in [3.05, 3.63) is 34.0 Å². The second kappa shape index (κ2) is 5.31. The van der Waals surface area contributed by atoms with Gasteiger partial charge in [0.15, 0.2) is 10.6 Å². The standard InChI is InChI=1S/C17H19N5O3S/c18-26(19,24)15-14(21-22-6-1-7-25-17(15)22)16(23)20-13-11-4-2-9(11)8-10-3-5-12(10)13/h8H,1-7H2,(H,20,23)(H3,18,19,24). The van der Waals surface area contributed by atoms with E-state index in [2.05, 4.69) is 16.5 Å². The van der Waals surface area contributed by atoms with Crippen LogP contribution in [0.25, 0.3) is 0 Å². The van der Waals surface area contributed by atoms with Gasteiger partial charge in [0, 0.05) is 18.7 Å². The van der Waals surface area contributed by atoms with Gasteiger partial charge in [-0.1, -0.05) is 6.07 Å². The van der Waals surface area contributed by atoms with Gasteiger partial charge in [-0.3, -0.25) is 4.79 Å². The summed E-state index contributed by atoms with van der Waals surface area (Å²) in [6.45, 7) is 0.968. The van der Waals surface area contributed by atoms with Crippen molar-refractivity contribution in [1.82, 2.24) is 9.78 Å². The molecule has 136 valence electrons. The third-order valence-corrected chi connectivity index (χ3v) is 6.36. The third kappa shape index (κ3) is 2.20. The molecule has 0 spiro atoms. The van der Waals surface area contributed by atoms with Gasteiger partial charge in [0.25, 0.3) is 5.91 Å². The Labute approximate surface area is 150 Å². The average Bonchev–Trinajstić information content (AvgIpc) is 2.91. The van der Waals surface area contributed by atoms with Gasteiger partial charge in [-0.15, -0.1) is 0 Å². The van der Waals surface area contributed by atoms with Crippen LogP contribution in [-0.2, 0) is 42.1 Å². The molecule has 0 saturated heterocycles. The largest absolute Gasteiger partial charge is 0.477 e. The van der Waals surface area contributed by atoms with E-state index in [1.165, 1.54) is 26.9 Å². The highest BCUT2D eigenvalue weighted by Gasteiger charge is 2.33. The summed E-state index contributed by atoms with van der Waals surface area (Å²) < 4.78 is 27.1. The first-order chi connectivity index (χ1) is 12.4. The van der Waals surface area contributed by atoms with E-state index >= 15 is 0 Å². The molecule has 1 aromatic carbocycles. The first-order valence-corrected chi connectivity index (χ1v) is 10.3. The maximum Gasteiger partial charge on any atom is 0.277 e. The highest BCUT2D eigenvalue weighted by molar-refractivity contribution is 7.90. The van der Waals surface area contributed by atoms with Crippen LogP contribution in [0.3, 0.4) is 0 Å². The molecule has 1 aliphatic heterocycles. The van der Waals surface area contributed by atoms with Gasteiger partial charge in [0.05, 0.1) is 6.61 Å². The van der Waals surface area contributed by atoms with Gasteiger partial charge < -0.3 is 10.1 Å². The Bertz CT molecular complexity index is 1040. The molecule has 3 aliphatic rings. The van der Waals surface area contributed by atoms with Crippen LogP contribution in [0.15, 0.2) is 11.0 Å². The fourth-order valence-electron chi connectivity index (χ4n) is 3.92. The van der Waals surface area contributed by atoms with Crippen molar-refractivity contribution >= 4 is 21.5 Å². The van der Waals surface area contributed by atoms with Gasteiger partial charge in [-0.25, -0.2) is 18.8 Å². The van der Waals surface area contributed by atoms with Crippen molar-refractivity contribution in [2.24, 2.45) is 5.14 Å². The molecule has 0 radical (unpaired) electrons. The smallest absolute Gasteiger partial charge is 0.277 e. The first-order valence-electron chi connectivity index (χ1n) is 8.71. The number of rotatable bonds is 3. The molecule has 4 N–H and O–H groups in total. The lowest BCUT2D eigenvalue weighted by molar-refractivity contribution is 0.101. The van der Waals surface area contributed by atoms with Crippen LogP contribution in [0, 0.1) is 4.78 Å². The Morgan fingerprint density at radius 3 is 2.54 bits per heavy atom. The number of benzene rings is 1. The summed E-state index contributed by atoms with van der Waals surface area (Å²) in [5, 5.41) is 12.8. The molecule has 8 nitrogen and oxygen atoms in total. The van der Waals surface area contributed by atoms with Crippen LogP contribution in [0.1, 0.15) is 39.2 Å². The zero-order chi connectivity index (χ0) is 18.1. The fraction of sp³-hybridized carbons (Fsp3) is 0.412. The lowest BCUT2D eigenvalue weighted by Gasteiger charge is -2.32. The quantitative estimate of drug-likeness (QED) is 0.752. The topological polar surface area (TPSA) is 123 Å². The Morgan fingerprint density at radius 1 is 1.27 bits per heavy atom. The van der Waals surface area contributed by atoms with Crippen molar-refractivity contribution < 1.29 is 13.7 Å². The number of aromatic nitrogens is 2. The summed E-state index contributed by atoms with van der Waals surface area (Å²) in [5.74, 6) is -0.302. The van der Waals surface area contributed by atoms with Crippen LogP contribution >= 0.6 is 0 Å². The second-order valence-electron chi connectivity index (χ2n) is 6.99. The molecule has 0 saturated carbocycles. The van der Waals surface area contributed by atoms with Crippen molar-refractivity contribution in [2.45, 2.75) is 43.5 Å². The van der Waals surface area contributed by atoms with Gasteiger partial charge in [0.1, 0.15) is 9.92 Å². The molecule has 0 bridgehead atoms. The van der Waals surface area contributed by atoms with E-state index in [1.54, 1.807) is 0 Å². The highest BCUT2D eigenvalue weighted by atomic mass is 32.2. The van der Waals surface area contributed by atoms with E-state index in [1.807, 2.05) is 0 Å². The van der Waals surface area contributed by atoms with E-state index < -0.39 is 15.8 Å². The molecule has 2 aliphatic carbocycles. The normalized spacial score (nSPS) is 19.0. The zero-order valence-corrected chi connectivity index (χ0v) is 14.9. The van der Waals surface area contributed by atoms with Crippen LogP contribution < -0.4 is 15.2 Å². The SMILES string of the molecule is N=S(N)(=O)c1c(C(=O)Nc2c3c(cc4c2CC4)CC3)nn2c1OCCC2. The fourth-order valence-corrected chi connectivity index (χ4v) is 4.77. The van der Waals surface area contributed by atoms with E-state index in [-0.39, 0.29) is 16.5 Å². The number of nitrogens with one attached hydrogen (secondary N) is 2. The van der Waals surface area contributed by atoms with Crippen LogP contribution in [-0.4, -0.2) is 26.5 Å². The zero-order valence-electron chi connectivity index (χ0n) is 14.1. The van der Waals surface area contributed by atoms with E-state index in [0.29, 0.717) is 13.2 Å². The van der Waals surface area contributed by atoms with E-state index in [4.69, 9.17) is 14.7 Å². The number of nitrogens with zero attached hydrogens (tertiary/aromatic N) is 2. The summed E-state index contributed by atoms with van der Waals surface area (Å²) in [6, 6.07) is 2.23. The summed E-state index contributed by atoms with van der Waals surface area (Å²) in [7, 11) is -3.65. The number of nitrogens with two attached hydrogens (primary N) is 1. The van der Waals surface area contributed by atoms with Crippen molar-refractivity contribution in [3.63, 3.8) is 0 Å². The average molecular weight is 373 g/mol. The first kappa shape index (κ1) is 15.8. The molecular formula is C17H19N5O3S. The molecule has 0 fully saturated rings. The number of carbonyl (C=O) groups excluding carboxylic acids is 1. The van der Waals surface area contributed by atoms with Gasteiger partial charge in [0.2, 0.25) is 5.88 Å². The summed E-state index contributed by atoms with van der Waals surface area (Å²) in [5.41, 5.74) is 5.72. The molecular weight excluding hydrogens is 354 g/mol. The number of carbonyl (C=O) groups is 1. The molecule has 1 aromatic heterocycles. The number of ether oxygens (including phenoxy) is 1. The molecule has 26 heavy (non-hydrogen) atoms. The molecule has 1 amide bonds. The van der Waals surface area contributed by atoms with Crippen molar-refractivity contribution in [2.75, 3.05) is 11.9 Å². The lowest BCUT2D eigenvalue weighted by Crippen LogP contribution is -2.26. The summed E-state index contributed by atoms with van der Waals surface area (Å²) in [4.78, 5) is 12.9. The molecule has 2 aromatic rings. The predicted octanol–water partition coefficient (Wildman–Crippen LogP) is 1.39. The number of amides is 1. The number of hydrogen-bond donors (Lipinski definition) is 3. The van der Waals surface area contributed by atoms with E-state index in [0.717, 1.165) is 37.8 Å². The minimum atomic E-state index is -3.65. The van der Waals surface area contributed by atoms with Gasteiger partial charge in [-0.05, 0) is 47.9 Å². The van der Waals surface area contributed by atoms with Crippen LogP contribution in [0.2, 0.25) is 0 Å². The minimum absolute atomic E-state index is 0.0746. The Kier molecular flexibility index (Phi) is 3.23. The lowest BCUT2D eigenvalue weighted by atomic mass is 9.76. The Balaban J connectivity index is 1.58. The highest BCUT2D eigenvalue weighted by Crippen LogP contribution is 2.41. The molecule has 9 heteroatoms. The number of anilines is 1. The Morgan fingerprint density at radius 2 is 1.96 bits per heavy atom. The maximum absolute atomic E-state index is 13.0. The maximum atomic E-state index is 13.0. The second-order valence-corrected chi connectivity index (χ2v) is 8.60. The molecule has 1 unspecified atom stereocenters. The van der Waals surface area contributed by atoms with Crippen molar-refractivity contribution in [1.29, 1.82) is 4.78 Å². The number of aryl methyl sites for hydroxylation is 3. The predicted molar refractivity (Wildman–Crippen MR) is 94.9 cm³/mol. The molecule has 5 rings (SSSR count). The van der Waals surface area contributed by atoms with Gasteiger partial charge >= 0.3 is 0 Å². The number of hydrogen-bond acceptors (Lipinski definition) is 5. The molecule has 1 atom stereocenters. The van der Waals surface area contributed by atoms with E-state index in [9.17, 15) is 9.00 Å². The summed E-state index contributed by atoms with van der Waals surface area (Å²) >= 11 is 0. The Hall–Kier alpha value is -2.39.